The van der Waals surface area contributed by atoms with Crippen molar-refractivity contribution in [1.29, 1.82) is 0 Å². The standard InChI is InChI=1S/C16H16/c1-3-7-13-9-5-11-15-12-6-10-14(8-4-2)16(13)15/h3-6,9-12H,1-2,7-8H2. The van der Waals surface area contributed by atoms with Crippen molar-refractivity contribution in [2.24, 2.45) is 0 Å². The van der Waals surface area contributed by atoms with E-state index in [4.69, 9.17) is 0 Å². The fraction of sp³-hybridized carbons (Fsp3) is 0.125. The second-order valence-corrected chi connectivity index (χ2v) is 3.92. The topological polar surface area (TPSA) is 0 Å². The van der Waals surface area contributed by atoms with Crippen LogP contribution in [0.3, 0.4) is 0 Å². The highest BCUT2D eigenvalue weighted by atomic mass is 14.1. The predicted molar refractivity (Wildman–Crippen MR) is 71.8 cm³/mol. The Hall–Kier alpha value is -1.82. The molecule has 0 aromatic heterocycles. The van der Waals surface area contributed by atoms with Gasteiger partial charge in [-0.25, -0.2) is 0 Å². The molecule has 0 unspecified atom stereocenters. The average molecular weight is 208 g/mol. The number of benzene rings is 2. The van der Waals surface area contributed by atoms with Gasteiger partial charge < -0.3 is 0 Å². The zero-order valence-corrected chi connectivity index (χ0v) is 9.45. The third-order valence-corrected chi connectivity index (χ3v) is 2.81. The molecule has 0 bridgehead atoms. The first kappa shape index (κ1) is 10.7. The molecule has 0 fully saturated rings. The summed E-state index contributed by atoms with van der Waals surface area (Å²) in [6.45, 7) is 7.64. The molecule has 0 aliphatic heterocycles. The number of hydrogen-bond donors (Lipinski definition) is 0. The molecule has 16 heavy (non-hydrogen) atoms. The maximum absolute atomic E-state index is 3.82. The van der Waals surface area contributed by atoms with E-state index in [1.54, 1.807) is 0 Å². The maximum Gasteiger partial charge on any atom is -0.00939 e. The van der Waals surface area contributed by atoms with Gasteiger partial charge in [-0.05, 0) is 34.7 Å². The van der Waals surface area contributed by atoms with Crippen LogP contribution < -0.4 is 0 Å². The summed E-state index contributed by atoms with van der Waals surface area (Å²) in [6, 6.07) is 12.9. The number of rotatable bonds is 4. The summed E-state index contributed by atoms with van der Waals surface area (Å²) in [5.74, 6) is 0. The monoisotopic (exact) mass is 208 g/mol. The Morgan fingerprint density at radius 2 is 1.31 bits per heavy atom. The summed E-state index contributed by atoms with van der Waals surface area (Å²) in [4.78, 5) is 0. The normalized spacial score (nSPS) is 10.2. The van der Waals surface area contributed by atoms with E-state index in [0.29, 0.717) is 0 Å². The van der Waals surface area contributed by atoms with E-state index < -0.39 is 0 Å². The summed E-state index contributed by atoms with van der Waals surface area (Å²) in [6.07, 6.45) is 5.76. The highest BCUT2D eigenvalue weighted by Crippen LogP contribution is 2.24. The van der Waals surface area contributed by atoms with Crippen molar-refractivity contribution in [1.82, 2.24) is 0 Å². The van der Waals surface area contributed by atoms with Gasteiger partial charge in [-0.15, -0.1) is 13.2 Å². The molecule has 0 aliphatic rings. The van der Waals surface area contributed by atoms with Gasteiger partial charge in [0.1, 0.15) is 0 Å². The molecular weight excluding hydrogens is 192 g/mol. The minimum Gasteiger partial charge on any atom is -0.103 e. The predicted octanol–water partition coefficient (Wildman–Crippen LogP) is 4.30. The Kier molecular flexibility index (Phi) is 3.21. The van der Waals surface area contributed by atoms with Crippen LogP contribution in [0.4, 0.5) is 0 Å². The van der Waals surface area contributed by atoms with E-state index in [1.807, 2.05) is 12.2 Å². The molecule has 2 aromatic carbocycles. The van der Waals surface area contributed by atoms with E-state index in [1.165, 1.54) is 21.9 Å². The van der Waals surface area contributed by atoms with Crippen LogP contribution in [0.1, 0.15) is 11.1 Å². The summed E-state index contributed by atoms with van der Waals surface area (Å²) >= 11 is 0. The van der Waals surface area contributed by atoms with Crippen molar-refractivity contribution in [3.05, 3.63) is 72.8 Å². The third kappa shape index (κ3) is 1.92. The van der Waals surface area contributed by atoms with Crippen molar-refractivity contribution >= 4 is 10.8 Å². The van der Waals surface area contributed by atoms with Crippen molar-refractivity contribution in [3.8, 4) is 0 Å². The molecule has 0 nitrogen and oxygen atoms in total. The lowest BCUT2D eigenvalue weighted by Crippen LogP contribution is -1.90. The Morgan fingerprint density at radius 3 is 1.75 bits per heavy atom. The first-order chi connectivity index (χ1) is 7.86. The molecule has 2 aromatic rings. The first-order valence-corrected chi connectivity index (χ1v) is 5.58. The van der Waals surface area contributed by atoms with Crippen LogP contribution in [0.2, 0.25) is 0 Å². The number of hydrogen-bond acceptors (Lipinski definition) is 0. The van der Waals surface area contributed by atoms with E-state index in [0.717, 1.165) is 12.8 Å². The van der Waals surface area contributed by atoms with Crippen LogP contribution in [0.15, 0.2) is 61.7 Å². The zero-order chi connectivity index (χ0) is 11.4. The van der Waals surface area contributed by atoms with E-state index >= 15 is 0 Å². The molecule has 2 rings (SSSR count). The van der Waals surface area contributed by atoms with Gasteiger partial charge in [0, 0.05) is 0 Å². The minimum atomic E-state index is 0.922. The van der Waals surface area contributed by atoms with Crippen molar-refractivity contribution < 1.29 is 0 Å². The third-order valence-electron chi connectivity index (χ3n) is 2.81. The highest BCUT2D eigenvalue weighted by molar-refractivity contribution is 5.89. The molecule has 0 atom stereocenters. The first-order valence-electron chi connectivity index (χ1n) is 5.58. The molecule has 0 heterocycles. The SMILES string of the molecule is C=CCc1cccc2cccc(CC=C)c12. The van der Waals surface area contributed by atoms with Gasteiger partial charge in [0.2, 0.25) is 0 Å². The van der Waals surface area contributed by atoms with Gasteiger partial charge in [0.15, 0.2) is 0 Å². The summed E-state index contributed by atoms with van der Waals surface area (Å²) in [5.41, 5.74) is 2.70. The minimum absolute atomic E-state index is 0.922. The number of allylic oxidation sites excluding steroid dienone is 2. The molecule has 0 saturated carbocycles. The quantitative estimate of drug-likeness (QED) is 0.657. The molecule has 0 aliphatic carbocycles. The summed E-state index contributed by atoms with van der Waals surface area (Å²) in [5, 5.41) is 2.67. The second-order valence-electron chi connectivity index (χ2n) is 3.92. The highest BCUT2D eigenvalue weighted by Gasteiger charge is 2.03. The van der Waals surface area contributed by atoms with Crippen LogP contribution >= 0.6 is 0 Å². The molecule has 0 N–H and O–H groups in total. The van der Waals surface area contributed by atoms with Crippen molar-refractivity contribution in [2.45, 2.75) is 12.8 Å². The van der Waals surface area contributed by atoms with Gasteiger partial charge in [-0.2, -0.15) is 0 Å². The molecule has 0 amide bonds. The lowest BCUT2D eigenvalue weighted by atomic mass is 9.96. The molecule has 0 heteroatoms. The molecular formula is C16H16. The Balaban J connectivity index is 2.70. The van der Waals surface area contributed by atoms with Crippen LogP contribution in [-0.2, 0) is 12.8 Å². The zero-order valence-electron chi connectivity index (χ0n) is 9.45. The fourth-order valence-corrected chi connectivity index (χ4v) is 2.15. The smallest absolute Gasteiger partial charge is 0.00939 e. The second kappa shape index (κ2) is 4.80. The molecule has 0 saturated heterocycles. The average Bonchev–Trinajstić information content (AvgIpc) is 2.30. The van der Waals surface area contributed by atoms with Gasteiger partial charge in [-0.3, -0.25) is 0 Å². The Labute approximate surface area is 96.9 Å². The summed E-state index contributed by atoms with van der Waals surface area (Å²) < 4.78 is 0. The van der Waals surface area contributed by atoms with Crippen LogP contribution in [0, 0.1) is 0 Å². The lowest BCUT2D eigenvalue weighted by molar-refractivity contribution is 1.26. The Bertz CT molecular complexity index is 476. The lowest BCUT2D eigenvalue weighted by Gasteiger charge is -2.09. The van der Waals surface area contributed by atoms with Gasteiger partial charge in [-0.1, -0.05) is 48.6 Å². The van der Waals surface area contributed by atoms with Gasteiger partial charge in [0.25, 0.3) is 0 Å². The largest absolute Gasteiger partial charge is 0.103 e. The van der Waals surface area contributed by atoms with E-state index in [2.05, 4.69) is 49.6 Å². The van der Waals surface area contributed by atoms with Gasteiger partial charge in [0.05, 0.1) is 0 Å². The molecule has 0 radical (unpaired) electrons. The van der Waals surface area contributed by atoms with Crippen LogP contribution in [0.5, 0.6) is 0 Å². The van der Waals surface area contributed by atoms with Gasteiger partial charge >= 0.3 is 0 Å². The van der Waals surface area contributed by atoms with E-state index in [9.17, 15) is 0 Å². The molecule has 0 spiro atoms. The molecule has 80 valence electrons. The van der Waals surface area contributed by atoms with E-state index in [-0.39, 0.29) is 0 Å². The maximum atomic E-state index is 3.82. The van der Waals surface area contributed by atoms with Crippen LogP contribution in [0.25, 0.3) is 10.8 Å². The Morgan fingerprint density at radius 1 is 0.812 bits per heavy atom. The number of fused-ring (bicyclic) bond motifs is 1. The van der Waals surface area contributed by atoms with Crippen molar-refractivity contribution in [3.63, 3.8) is 0 Å². The van der Waals surface area contributed by atoms with Crippen LogP contribution in [-0.4, -0.2) is 0 Å². The summed E-state index contributed by atoms with van der Waals surface area (Å²) in [7, 11) is 0. The fourth-order valence-electron chi connectivity index (χ4n) is 2.15. The van der Waals surface area contributed by atoms with Crippen molar-refractivity contribution in [2.75, 3.05) is 0 Å².